The maximum absolute atomic E-state index is 13.8. The summed E-state index contributed by atoms with van der Waals surface area (Å²) in [6, 6.07) is 3.89. The first-order valence-electron chi connectivity index (χ1n) is 14.0. The number of amides is 2. The van der Waals surface area contributed by atoms with Crippen molar-refractivity contribution in [2.75, 3.05) is 46.5 Å². The van der Waals surface area contributed by atoms with Crippen molar-refractivity contribution >= 4 is 11.8 Å². The number of ether oxygens (including phenoxy) is 2. The molecule has 2 amide bonds. The molecule has 1 aliphatic heterocycles. The predicted molar refractivity (Wildman–Crippen MR) is 149 cm³/mol. The molecule has 7 nitrogen and oxygen atoms in total. The molecule has 37 heavy (non-hydrogen) atoms. The number of hydrogen-bond acceptors (Lipinski definition) is 5. The van der Waals surface area contributed by atoms with E-state index in [9.17, 15) is 9.59 Å². The van der Waals surface area contributed by atoms with E-state index in [0.717, 1.165) is 75.4 Å². The van der Waals surface area contributed by atoms with Crippen LogP contribution in [0.4, 0.5) is 0 Å². The number of carbonyl (C=O) groups is 2. The Morgan fingerprint density at radius 3 is 2.05 bits per heavy atom. The Labute approximate surface area is 224 Å². The van der Waals surface area contributed by atoms with Crippen molar-refractivity contribution in [3.63, 3.8) is 0 Å². The van der Waals surface area contributed by atoms with Gasteiger partial charge < -0.3 is 20.1 Å². The second-order valence-electron chi connectivity index (χ2n) is 12.8. The number of nitrogens with zero attached hydrogens (tertiary/aromatic N) is 1. The SMILES string of the molecule is COc1c(C(C)(C)C)cc(C(=O)NC2(C(=O)NCCCN3CCOCC3)CCCCC2)cc1C(C)(C)C. The van der Waals surface area contributed by atoms with Gasteiger partial charge in [-0.25, -0.2) is 0 Å². The van der Waals surface area contributed by atoms with Gasteiger partial charge in [-0.2, -0.15) is 0 Å². The molecule has 1 aromatic carbocycles. The van der Waals surface area contributed by atoms with Crippen LogP contribution in [0.25, 0.3) is 0 Å². The third-order valence-electron chi connectivity index (χ3n) is 7.71. The summed E-state index contributed by atoms with van der Waals surface area (Å²) in [7, 11) is 1.69. The summed E-state index contributed by atoms with van der Waals surface area (Å²) in [5.41, 5.74) is 1.30. The van der Waals surface area contributed by atoms with Gasteiger partial charge in [0.25, 0.3) is 5.91 Å². The van der Waals surface area contributed by atoms with E-state index in [1.807, 2.05) is 12.1 Å². The Morgan fingerprint density at radius 2 is 1.54 bits per heavy atom. The van der Waals surface area contributed by atoms with Crippen molar-refractivity contribution in [2.24, 2.45) is 0 Å². The number of rotatable bonds is 8. The summed E-state index contributed by atoms with van der Waals surface area (Å²) < 4.78 is 11.3. The number of morpholine rings is 1. The lowest BCUT2D eigenvalue weighted by atomic mass is 9.77. The Balaban J connectivity index is 1.79. The quantitative estimate of drug-likeness (QED) is 0.496. The average Bonchev–Trinajstić information content (AvgIpc) is 2.85. The monoisotopic (exact) mass is 515 g/mol. The van der Waals surface area contributed by atoms with E-state index in [0.29, 0.717) is 24.9 Å². The second-order valence-corrected chi connectivity index (χ2v) is 12.8. The highest BCUT2D eigenvalue weighted by atomic mass is 16.5. The van der Waals surface area contributed by atoms with Gasteiger partial charge >= 0.3 is 0 Å². The summed E-state index contributed by atoms with van der Waals surface area (Å²) in [4.78, 5) is 29.7. The molecule has 0 unspecified atom stereocenters. The number of methoxy groups -OCH3 is 1. The van der Waals surface area contributed by atoms with Crippen LogP contribution < -0.4 is 15.4 Å². The van der Waals surface area contributed by atoms with E-state index >= 15 is 0 Å². The number of hydrogen-bond donors (Lipinski definition) is 2. The largest absolute Gasteiger partial charge is 0.496 e. The van der Waals surface area contributed by atoms with Gasteiger partial charge in [-0.05, 0) is 48.8 Å². The molecule has 2 N–H and O–H groups in total. The van der Waals surface area contributed by atoms with E-state index in [1.54, 1.807) is 7.11 Å². The van der Waals surface area contributed by atoms with Crippen molar-refractivity contribution in [1.82, 2.24) is 15.5 Å². The summed E-state index contributed by atoms with van der Waals surface area (Å²) in [5.74, 6) is 0.592. The van der Waals surface area contributed by atoms with E-state index in [-0.39, 0.29) is 22.6 Å². The highest BCUT2D eigenvalue weighted by molar-refractivity contribution is 6.00. The van der Waals surface area contributed by atoms with Crippen LogP contribution in [0.3, 0.4) is 0 Å². The third-order valence-corrected chi connectivity index (χ3v) is 7.71. The molecular weight excluding hydrogens is 466 g/mol. The number of benzene rings is 1. The molecule has 1 heterocycles. The van der Waals surface area contributed by atoms with Crippen molar-refractivity contribution in [3.8, 4) is 5.75 Å². The van der Waals surface area contributed by atoms with E-state index < -0.39 is 5.54 Å². The van der Waals surface area contributed by atoms with Gasteiger partial charge in [-0.15, -0.1) is 0 Å². The average molecular weight is 516 g/mol. The van der Waals surface area contributed by atoms with Crippen molar-refractivity contribution in [3.05, 3.63) is 28.8 Å². The van der Waals surface area contributed by atoms with Crippen LogP contribution in [0.1, 0.15) is 102 Å². The van der Waals surface area contributed by atoms with Crippen molar-refractivity contribution in [1.29, 1.82) is 0 Å². The molecule has 1 saturated carbocycles. The molecule has 208 valence electrons. The minimum absolute atomic E-state index is 0.0527. The van der Waals surface area contributed by atoms with Crippen LogP contribution in [-0.4, -0.2) is 68.8 Å². The lowest BCUT2D eigenvalue weighted by Gasteiger charge is -2.37. The van der Waals surface area contributed by atoms with Gasteiger partial charge in [-0.3, -0.25) is 14.5 Å². The maximum Gasteiger partial charge on any atom is 0.252 e. The summed E-state index contributed by atoms with van der Waals surface area (Å²) in [5, 5.41) is 6.36. The molecule has 1 saturated heterocycles. The van der Waals surface area contributed by atoms with Gasteiger partial charge in [-0.1, -0.05) is 60.8 Å². The molecule has 0 aromatic heterocycles. The van der Waals surface area contributed by atoms with E-state index in [1.165, 1.54) is 0 Å². The number of carbonyl (C=O) groups excluding carboxylic acids is 2. The molecule has 1 aromatic rings. The van der Waals surface area contributed by atoms with Gasteiger partial charge in [0.05, 0.1) is 20.3 Å². The Bertz CT molecular complexity index is 898. The highest BCUT2D eigenvalue weighted by Crippen LogP contribution is 2.41. The molecule has 0 atom stereocenters. The van der Waals surface area contributed by atoms with Crippen LogP contribution in [0.15, 0.2) is 12.1 Å². The van der Waals surface area contributed by atoms with Gasteiger partial charge in [0.1, 0.15) is 11.3 Å². The van der Waals surface area contributed by atoms with Crippen LogP contribution in [0.5, 0.6) is 5.75 Å². The zero-order valence-electron chi connectivity index (χ0n) is 24.2. The summed E-state index contributed by atoms with van der Waals surface area (Å²) >= 11 is 0. The highest BCUT2D eigenvalue weighted by Gasteiger charge is 2.41. The minimum Gasteiger partial charge on any atom is -0.496 e. The molecule has 0 spiro atoms. The van der Waals surface area contributed by atoms with Crippen LogP contribution >= 0.6 is 0 Å². The molecule has 3 rings (SSSR count). The Hall–Kier alpha value is -2.12. The van der Waals surface area contributed by atoms with Crippen LogP contribution in [0.2, 0.25) is 0 Å². The lowest BCUT2D eigenvalue weighted by Crippen LogP contribution is -2.60. The fourth-order valence-corrected chi connectivity index (χ4v) is 5.45. The van der Waals surface area contributed by atoms with Crippen LogP contribution in [-0.2, 0) is 20.4 Å². The van der Waals surface area contributed by atoms with Crippen molar-refractivity contribution < 1.29 is 19.1 Å². The van der Waals surface area contributed by atoms with Crippen molar-refractivity contribution in [2.45, 2.75) is 96.4 Å². The molecule has 7 heteroatoms. The topological polar surface area (TPSA) is 79.9 Å². The number of nitrogens with one attached hydrogen (secondary N) is 2. The predicted octanol–water partition coefficient (Wildman–Crippen LogP) is 4.56. The van der Waals surface area contributed by atoms with E-state index in [2.05, 4.69) is 57.1 Å². The Morgan fingerprint density at radius 1 is 0.973 bits per heavy atom. The zero-order valence-corrected chi connectivity index (χ0v) is 24.2. The first kappa shape index (κ1) is 29.4. The standard InChI is InChI=1S/C30H49N3O4/c1-28(2,3)23-20-22(21-24(25(23)36-7)29(4,5)6)26(34)32-30(12-9-8-10-13-30)27(35)31-14-11-15-33-16-18-37-19-17-33/h20-21H,8-19H2,1-7H3,(H,31,35)(H,32,34). The third kappa shape index (κ3) is 7.47. The first-order chi connectivity index (χ1) is 17.4. The maximum atomic E-state index is 13.8. The summed E-state index contributed by atoms with van der Waals surface area (Å²) in [6.07, 6.45) is 5.19. The smallest absolute Gasteiger partial charge is 0.252 e. The van der Waals surface area contributed by atoms with E-state index in [4.69, 9.17) is 9.47 Å². The lowest BCUT2D eigenvalue weighted by molar-refractivity contribution is -0.128. The molecular formula is C30H49N3O4. The Kier molecular flexibility index (Phi) is 9.68. The van der Waals surface area contributed by atoms with Gasteiger partial charge in [0, 0.05) is 36.3 Å². The molecule has 2 aliphatic rings. The first-order valence-corrected chi connectivity index (χ1v) is 14.0. The molecule has 0 bridgehead atoms. The zero-order chi connectivity index (χ0) is 27.3. The molecule has 2 fully saturated rings. The van der Waals surface area contributed by atoms with Gasteiger partial charge in [0.2, 0.25) is 5.91 Å². The molecule has 0 radical (unpaired) electrons. The second kappa shape index (κ2) is 12.2. The minimum atomic E-state index is -0.863. The summed E-state index contributed by atoms with van der Waals surface area (Å²) in [6.45, 7) is 17.8. The molecule has 1 aliphatic carbocycles. The van der Waals surface area contributed by atoms with Gasteiger partial charge in [0.15, 0.2) is 0 Å². The fraction of sp³-hybridized carbons (Fsp3) is 0.733. The normalized spacial score (nSPS) is 18.8. The van der Waals surface area contributed by atoms with Crippen LogP contribution in [0, 0.1) is 0 Å². The fourth-order valence-electron chi connectivity index (χ4n) is 5.45.